The van der Waals surface area contributed by atoms with Crippen LogP contribution in [0.2, 0.25) is 0 Å². The average Bonchev–Trinajstić information content (AvgIpc) is 3.27. The van der Waals surface area contributed by atoms with Crippen LogP contribution in [-0.2, 0) is 16.0 Å². The summed E-state index contributed by atoms with van der Waals surface area (Å²) in [5, 5.41) is 11.5. The summed E-state index contributed by atoms with van der Waals surface area (Å²) in [5.74, 6) is -0.178. The van der Waals surface area contributed by atoms with E-state index >= 15 is 0 Å². The van der Waals surface area contributed by atoms with E-state index in [1.54, 1.807) is 16.2 Å². The van der Waals surface area contributed by atoms with Gasteiger partial charge in [0.05, 0.1) is 18.0 Å². The SMILES string of the molecule is CC(C)(C)OC(=O)N1[C@@H]2CC[C@@H](C2)[C@H]1C(=O)CC(C#N)Cc1cc(Br)cs1. The molecule has 1 unspecified atom stereocenters. The summed E-state index contributed by atoms with van der Waals surface area (Å²) in [7, 11) is 0. The molecule has 1 aromatic rings. The first kappa shape index (κ1) is 20.3. The molecule has 0 N–H and O–H groups in total. The smallest absolute Gasteiger partial charge is 0.411 e. The zero-order chi connectivity index (χ0) is 19.8. The number of nitriles is 1. The number of carbonyl (C=O) groups excluding carboxylic acids is 2. The Hall–Kier alpha value is -1.39. The van der Waals surface area contributed by atoms with Crippen LogP contribution in [0.25, 0.3) is 0 Å². The number of ketones is 1. The summed E-state index contributed by atoms with van der Waals surface area (Å²) in [6.07, 6.45) is 3.10. The summed E-state index contributed by atoms with van der Waals surface area (Å²) in [6.45, 7) is 5.50. The molecule has 2 aliphatic rings. The summed E-state index contributed by atoms with van der Waals surface area (Å²) in [5.41, 5.74) is -0.589. The number of halogens is 1. The third kappa shape index (κ3) is 4.72. The third-order valence-corrected chi connectivity index (χ3v) is 6.94. The van der Waals surface area contributed by atoms with Gasteiger partial charge >= 0.3 is 6.09 Å². The Labute approximate surface area is 172 Å². The number of hydrogen-bond acceptors (Lipinski definition) is 5. The highest BCUT2D eigenvalue weighted by Gasteiger charge is 2.52. The van der Waals surface area contributed by atoms with Gasteiger partial charge in [0.15, 0.2) is 5.78 Å². The monoisotopic (exact) mass is 452 g/mol. The van der Waals surface area contributed by atoms with E-state index in [1.807, 2.05) is 32.2 Å². The fourth-order valence-electron chi connectivity index (χ4n) is 4.21. The largest absolute Gasteiger partial charge is 0.444 e. The van der Waals surface area contributed by atoms with Crippen molar-refractivity contribution in [2.75, 3.05) is 0 Å². The summed E-state index contributed by atoms with van der Waals surface area (Å²) in [4.78, 5) is 28.5. The lowest BCUT2D eigenvalue weighted by Crippen LogP contribution is -2.51. The molecular weight excluding hydrogens is 428 g/mol. The molecular formula is C20H25BrN2O3S. The molecule has 27 heavy (non-hydrogen) atoms. The maximum Gasteiger partial charge on any atom is 0.411 e. The second-order valence-corrected chi connectivity index (χ2v) is 10.4. The van der Waals surface area contributed by atoms with E-state index in [0.717, 1.165) is 28.6 Å². The van der Waals surface area contributed by atoms with Gasteiger partial charge in [-0.05, 0) is 74.4 Å². The second-order valence-electron chi connectivity index (χ2n) is 8.49. The molecule has 1 aromatic heterocycles. The van der Waals surface area contributed by atoms with E-state index in [0.29, 0.717) is 6.42 Å². The van der Waals surface area contributed by atoms with Gasteiger partial charge in [0.25, 0.3) is 0 Å². The molecule has 0 radical (unpaired) electrons. The van der Waals surface area contributed by atoms with Crippen LogP contribution in [0.3, 0.4) is 0 Å². The highest BCUT2D eigenvalue weighted by Crippen LogP contribution is 2.44. The van der Waals surface area contributed by atoms with Crippen LogP contribution in [0.4, 0.5) is 4.79 Å². The maximum absolute atomic E-state index is 13.1. The van der Waals surface area contributed by atoms with Crippen LogP contribution < -0.4 is 0 Å². The van der Waals surface area contributed by atoms with E-state index in [4.69, 9.17) is 4.74 Å². The fourth-order valence-corrected chi connectivity index (χ4v) is 5.74. The van der Waals surface area contributed by atoms with Gasteiger partial charge in [0, 0.05) is 27.2 Å². The number of carbonyl (C=O) groups is 2. The molecule has 0 aromatic carbocycles. The topological polar surface area (TPSA) is 70.4 Å². The van der Waals surface area contributed by atoms with Crippen molar-refractivity contribution in [2.24, 2.45) is 11.8 Å². The van der Waals surface area contributed by atoms with Crippen molar-refractivity contribution in [1.82, 2.24) is 4.90 Å². The number of hydrogen-bond donors (Lipinski definition) is 0. The molecule has 146 valence electrons. The van der Waals surface area contributed by atoms with Crippen LogP contribution >= 0.6 is 27.3 Å². The Bertz CT molecular complexity index is 764. The third-order valence-electron chi connectivity index (χ3n) is 5.22. The lowest BCUT2D eigenvalue weighted by Gasteiger charge is -2.35. The van der Waals surface area contributed by atoms with Crippen LogP contribution in [0.5, 0.6) is 0 Å². The molecule has 7 heteroatoms. The summed E-state index contributed by atoms with van der Waals surface area (Å²) >= 11 is 5.00. The number of Topliss-reactive ketones (excluding diaryl/α,β-unsaturated/α-hetero) is 1. The second kappa shape index (κ2) is 7.92. The number of fused-ring (bicyclic) bond motifs is 2. The normalized spacial score (nSPS) is 25.3. The number of rotatable bonds is 5. The van der Waals surface area contributed by atoms with Gasteiger partial charge in [-0.25, -0.2) is 4.79 Å². The molecule has 2 heterocycles. The number of piperidine rings is 1. The van der Waals surface area contributed by atoms with Crippen molar-refractivity contribution in [2.45, 2.75) is 70.6 Å². The number of likely N-dealkylation sites (tertiary alicyclic amines) is 1. The van der Waals surface area contributed by atoms with Crippen LogP contribution in [0.15, 0.2) is 15.9 Å². The molecule has 1 saturated heterocycles. The predicted octanol–water partition coefficient (Wildman–Crippen LogP) is 4.94. The first-order valence-corrected chi connectivity index (χ1v) is 11.0. The molecule has 1 amide bonds. The van der Waals surface area contributed by atoms with Gasteiger partial charge in [-0.3, -0.25) is 9.69 Å². The predicted molar refractivity (Wildman–Crippen MR) is 107 cm³/mol. The lowest BCUT2D eigenvalue weighted by molar-refractivity contribution is -0.126. The molecule has 2 bridgehead atoms. The van der Waals surface area contributed by atoms with Gasteiger partial charge < -0.3 is 4.74 Å². The average molecular weight is 453 g/mol. The number of nitrogens with zero attached hydrogens (tertiary/aromatic N) is 2. The van der Waals surface area contributed by atoms with E-state index in [2.05, 4.69) is 22.0 Å². The minimum absolute atomic E-state index is 0.00442. The fraction of sp³-hybridized carbons (Fsp3) is 0.650. The Balaban J connectivity index is 1.69. The highest BCUT2D eigenvalue weighted by molar-refractivity contribution is 9.10. The van der Waals surface area contributed by atoms with E-state index in [9.17, 15) is 14.9 Å². The van der Waals surface area contributed by atoms with Crippen molar-refractivity contribution < 1.29 is 14.3 Å². The van der Waals surface area contributed by atoms with Gasteiger partial charge in [0.2, 0.25) is 0 Å². The maximum atomic E-state index is 13.1. The molecule has 2 fully saturated rings. The zero-order valence-electron chi connectivity index (χ0n) is 15.9. The molecule has 0 spiro atoms. The molecule has 3 rings (SSSR count). The van der Waals surface area contributed by atoms with Crippen molar-refractivity contribution in [3.63, 3.8) is 0 Å². The first-order chi connectivity index (χ1) is 12.7. The summed E-state index contributed by atoms with van der Waals surface area (Å²) in [6, 6.07) is 3.92. The molecule has 5 nitrogen and oxygen atoms in total. The van der Waals surface area contributed by atoms with Crippen molar-refractivity contribution in [3.05, 3.63) is 20.8 Å². The quantitative estimate of drug-likeness (QED) is 0.633. The minimum atomic E-state index is -0.589. The van der Waals surface area contributed by atoms with Crippen LogP contribution in [0, 0.1) is 23.2 Å². The molecule has 1 aliphatic heterocycles. The lowest BCUT2D eigenvalue weighted by atomic mass is 9.89. The zero-order valence-corrected chi connectivity index (χ0v) is 18.3. The van der Waals surface area contributed by atoms with Crippen LogP contribution in [0.1, 0.15) is 51.3 Å². The van der Waals surface area contributed by atoms with Gasteiger partial charge in [-0.1, -0.05) is 0 Å². The minimum Gasteiger partial charge on any atom is -0.444 e. The molecule has 1 aliphatic carbocycles. The van der Waals surface area contributed by atoms with Crippen molar-refractivity contribution in [1.29, 1.82) is 5.26 Å². The Kier molecular flexibility index (Phi) is 5.97. The molecule has 1 saturated carbocycles. The van der Waals surface area contributed by atoms with Gasteiger partial charge in [-0.15, -0.1) is 11.3 Å². The summed E-state index contributed by atoms with van der Waals surface area (Å²) < 4.78 is 6.55. The van der Waals surface area contributed by atoms with Gasteiger partial charge in [0.1, 0.15) is 5.60 Å². The first-order valence-electron chi connectivity index (χ1n) is 9.34. The van der Waals surface area contributed by atoms with Crippen molar-refractivity contribution in [3.8, 4) is 6.07 Å². The standard InChI is InChI=1S/C20H25BrN2O3S/c1-20(2,3)26-19(25)23-15-5-4-13(8-15)18(23)17(24)7-12(10-22)6-16-9-14(21)11-27-16/h9,11-13,15,18H,4-8H2,1-3H3/t12?,13-,15+,18-/m0/s1. The van der Waals surface area contributed by atoms with E-state index in [-0.39, 0.29) is 30.1 Å². The Morgan fingerprint density at radius 1 is 1.44 bits per heavy atom. The number of amides is 1. The molecule has 4 atom stereocenters. The van der Waals surface area contributed by atoms with Gasteiger partial charge in [-0.2, -0.15) is 5.26 Å². The number of ether oxygens (including phenoxy) is 1. The number of thiophene rings is 1. The highest BCUT2D eigenvalue weighted by atomic mass is 79.9. The Morgan fingerprint density at radius 3 is 2.78 bits per heavy atom. The van der Waals surface area contributed by atoms with Crippen LogP contribution in [-0.4, -0.2) is 34.5 Å². The Morgan fingerprint density at radius 2 is 2.19 bits per heavy atom. The van der Waals surface area contributed by atoms with E-state index in [1.165, 1.54) is 0 Å². The van der Waals surface area contributed by atoms with Crippen molar-refractivity contribution >= 4 is 39.1 Å². The van der Waals surface area contributed by atoms with E-state index < -0.39 is 17.7 Å².